The van der Waals surface area contributed by atoms with Gasteiger partial charge in [-0.2, -0.15) is 0 Å². The molecular weight excluding hydrogens is 353 g/mol. The van der Waals surface area contributed by atoms with Crippen LogP contribution in [0.1, 0.15) is 11.5 Å². The lowest BCUT2D eigenvalue weighted by Gasteiger charge is -2.09. The van der Waals surface area contributed by atoms with Crippen LogP contribution < -0.4 is 14.8 Å². The Hall–Kier alpha value is -3.42. The van der Waals surface area contributed by atoms with Gasteiger partial charge in [0, 0.05) is 0 Å². The molecule has 0 fully saturated rings. The van der Waals surface area contributed by atoms with E-state index in [9.17, 15) is 9.18 Å². The fourth-order valence-electron chi connectivity index (χ4n) is 2.48. The first-order valence-corrected chi connectivity index (χ1v) is 8.15. The monoisotopic (exact) mass is 371 g/mol. The number of benzene rings is 2. The highest BCUT2D eigenvalue weighted by Gasteiger charge is 2.13. The standard InChI is InChI=1S/C19H18FN3O4/c1-25-15-8-7-12(9-16(15)26-2)10-17(24)21-11-18-22-23-19(27-18)13-5-3-4-6-14(13)20/h3-9H,10-11H2,1-2H3,(H,21,24). The molecular formula is C19H18FN3O4. The van der Waals surface area contributed by atoms with Gasteiger partial charge in [-0.1, -0.05) is 18.2 Å². The predicted octanol–water partition coefficient (Wildman–Crippen LogP) is 2.75. The maximum atomic E-state index is 13.7. The molecule has 1 amide bonds. The first kappa shape index (κ1) is 18.4. The van der Waals surface area contributed by atoms with E-state index in [0.717, 1.165) is 5.56 Å². The number of nitrogens with zero attached hydrogens (tertiary/aromatic N) is 2. The van der Waals surface area contributed by atoms with Crippen molar-refractivity contribution in [2.75, 3.05) is 14.2 Å². The molecule has 0 aliphatic rings. The number of hydrogen-bond acceptors (Lipinski definition) is 6. The second-order valence-corrected chi connectivity index (χ2v) is 5.62. The van der Waals surface area contributed by atoms with Crippen LogP contribution in [0.25, 0.3) is 11.5 Å². The minimum atomic E-state index is -0.454. The van der Waals surface area contributed by atoms with Gasteiger partial charge in [-0.15, -0.1) is 10.2 Å². The number of halogens is 1. The molecule has 3 rings (SSSR count). The zero-order valence-corrected chi connectivity index (χ0v) is 14.9. The fourth-order valence-corrected chi connectivity index (χ4v) is 2.48. The first-order chi connectivity index (χ1) is 13.1. The minimum Gasteiger partial charge on any atom is -0.493 e. The molecule has 8 heteroatoms. The summed E-state index contributed by atoms with van der Waals surface area (Å²) in [6.45, 7) is 0.0492. The molecule has 3 aromatic rings. The van der Waals surface area contributed by atoms with Gasteiger partial charge < -0.3 is 19.2 Å². The van der Waals surface area contributed by atoms with Gasteiger partial charge >= 0.3 is 0 Å². The van der Waals surface area contributed by atoms with Crippen molar-refractivity contribution in [3.05, 3.63) is 59.7 Å². The average Bonchev–Trinajstić information content (AvgIpc) is 3.15. The Balaban J connectivity index is 1.59. The van der Waals surface area contributed by atoms with Crippen molar-refractivity contribution in [2.24, 2.45) is 0 Å². The van der Waals surface area contributed by atoms with E-state index >= 15 is 0 Å². The number of ether oxygens (including phenoxy) is 2. The molecule has 7 nitrogen and oxygen atoms in total. The number of nitrogens with one attached hydrogen (secondary N) is 1. The zero-order valence-electron chi connectivity index (χ0n) is 14.9. The highest BCUT2D eigenvalue weighted by molar-refractivity contribution is 5.78. The van der Waals surface area contributed by atoms with Crippen molar-refractivity contribution in [2.45, 2.75) is 13.0 Å². The number of methoxy groups -OCH3 is 2. The molecule has 1 heterocycles. The summed E-state index contributed by atoms with van der Waals surface area (Å²) in [6, 6.07) is 11.4. The van der Waals surface area contributed by atoms with Crippen molar-refractivity contribution in [3.63, 3.8) is 0 Å². The molecule has 2 aromatic carbocycles. The fraction of sp³-hybridized carbons (Fsp3) is 0.211. The SMILES string of the molecule is COc1ccc(CC(=O)NCc2nnc(-c3ccccc3F)o2)cc1OC. The van der Waals surface area contributed by atoms with E-state index in [1.807, 2.05) is 0 Å². The lowest BCUT2D eigenvalue weighted by Crippen LogP contribution is -2.24. The summed E-state index contributed by atoms with van der Waals surface area (Å²) in [5.41, 5.74) is 0.982. The summed E-state index contributed by atoms with van der Waals surface area (Å²) in [6.07, 6.45) is 0.147. The Morgan fingerprint density at radius 2 is 1.89 bits per heavy atom. The second kappa shape index (κ2) is 8.31. The van der Waals surface area contributed by atoms with E-state index in [0.29, 0.717) is 11.5 Å². The Morgan fingerprint density at radius 3 is 2.63 bits per heavy atom. The van der Waals surface area contributed by atoms with Gasteiger partial charge in [0.15, 0.2) is 11.5 Å². The molecule has 0 bridgehead atoms. The third-order valence-electron chi connectivity index (χ3n) is 3.82. The van der Waals surface area contributed by atoms with E-state index in [2.05, 4.69) is 15.5 Å². The quantitative estimate of drug-likeness (QED) is 0.687. The third kappa shape index (κ3) is 4.41. The van der Waals surface area contributed by atoms with Crippen LogP contribution in [0, 0.1) is 5.82 Å². The summed E-state index contributed by atoms with van der Waals surface area (Å²) in [5.74, 6) is 0.714. The lowest BCUT2D eigenvalue weighted by atomic mass is 10.1. The summed E-state index contributed by atoms with van der Waals surface area (Å²) in [7, 11) is 3.08. The molecule has 0 aliphatic carbocycles. The normalized spacial score (nSPS) is 10.5. The summed E-state index contributed by atoms with van der Waals surface area (Å²) in [5, 5.41) is 10.3. The van der Waals surface area contributed by atoms with E-state index in [1.54, 1.807) is 43.5 Å². The summed E-state index contributed by atoms with van der Waals surface area (Å²) in [4.78, 5) is 12.1. The molecule has 140 valence electrons. The van der Waals surface area contributed by atoms with Gasteiger partial charge in [-0.05, 0) is 29.8 Å². The maximum absolute atomic E-state index is 13.7. The molecule has 0 aliphatic heterocycles. The largest absolute Gasteiger partial charge is 0.493 e. The molecule has 0 atom stereocenters. The molecule has 0 unspecified atom stereocenters. The molecule has 1 aromatic heterocycles. The van der Waals surface area contributed by atoms with Gasteiger partial charge in [0.05, 0.1) is 32.7 Å². The van der Waals surface area contributed by atoms with Crippen molar-refractivity contribution >= 4 is 5.91 Å². The Kier molecular flexibility index (Phi) is 5.65. The topological polar surface area (TPSA) is 86.5 Å². The smallest absolute Gasteiger partial charge is 0.250 e. The molecule has 1 N–H and O–H groups in total. The Morgan fingerprint density at radius 1 is 1.11 bits per heavy atom. The van der Waals surface area contributed by atoms with Crippen molar-refractivity contribution < 1.29 is 23.1 Å². The highest BCUT2D eigenvalue weighted by atomic mass is 19.1. The van der Waals surface area contributed by atoms with Gasteiger partial charge in [0.25, 0.3) is 5.89 Å². The maximum Gasteiger partial charge on any atom is 0.250 e. The van der Waals surface area contributed by atoms with Crippen molar-refractivity contribution in [1.29, 1.82) is 0 Å². The first-order valence-electron chi connectivity index (χ1n) is 8.15. The number of hydrogen-bond donors (Lipinski definition) is 1. The third-order valence-corrected chi connectivity index (χ3v) is 3.82. The number of amides is 1. The Bertz CT molecular complexity index is 942. The van der Waals surface area contributed by atoms with Crippen LogP contribution in [-0.2, 0) is 17.8 Å². The van der Waals surface area contributed by atoms with Crippen LogP contribution in [0.15, 0.2) is 46.9 Å². The van der Waals surface area contributed by atoms with Crippen LogP contribution in [0.5, 0.6) is 11.5 Å². The molecule has 0 saturated carbocycles. The van der Waals surface area contributed by atoms with Crippen molar-refractivity contribution in [1.82, 2.24) is 15.5 Å². The van der Waals surface area contributed by atoms with E-state index in [4.69, 9.17) is 13.9 Å². The van der Waals surface area contributed by atoms with E-state index in [-0.39, 0.29) is 36.2 Å². The van der Waals surface area contributed by atoms with Gasteiger partial charge in [0.1, 0.15) is 5.82 Å². The average molecular weight is 371 g/mol. The van der Waals surface area contributed by atoms with Crippen molar-refractivity contribution in [3.8, 4) is 23.0 Å². The lowest BCUT2D eigenvalue weighted by molar-refractivity contribution is -0.120. The van der Waals surface area contributed by atoms with Gasteiger partial charge in [-0.3, -0.25) is 4.79 Å². The van der Waals surface area contributed by atoms with Gasteiger partial charge in [0.2, 0.25) is 11.8 Å². The summed E-state index contributed by atoms with van der Waals surface area (Å²) >= 11 is 0. The van der Waals surface area contributed by atoms with Crippen LogP contribution in [-0.4, -0.2) is 30.3 Å². The summed E-state index contributed by atoms with van der Waals surface area (Å²) < 4.78 is 29.5. The zero-order chi connectivity index (χ0) is 19.2. The number of aromatic nitrogens is 2. The number of rotatable bonds is 7. The van der Waals surface area contributed by atoms with Crippen LogP contribution in [0.3, 0.4) is 0 Å². The molecule has 27 heavy (non-hydrogen) atoms. The number of carbonyl (C=O) groups excluding carboxylic acids is 1. The molecule has 0 spiro atoms. The van der Waals surface area contributed by atoms with E-state index < -0.39 is 5.82 Å². The van der Waals surface area contributed by atoms with Crippen LogP contribution >= 0.6 is 0 Å². The Labute approximate surface area is 155 Å². The predicted molar refractivity (Wildman–Crippen MR) is 94.8 cm³/mol. The van der Waals surface area contributed by atoms with Crippen LogP contribution in [0.2, 0.25) is 0 Å². The second-order valence-electron chi connectivity index (χ2n) is 5.62. The minimum absolute atomic E-state index is 0.0492. The van der Waals surface area contributed by atoms with E-state index in [1.165, 1.54) is 13.2 Å². The highest BCUT2D eigenvalue weighted by Crippen LogP contribution is 2.27. The molecule has 0 saturated heterocycles. The van der Waals surface area contributed by atoms with Gasteiger partial charge in [-0.25, -0.2) is 4.39 Å². The van der Waals surface area contributed by atoms with Crippen LogP contribution in [0.4, 0.5) is 4.39 Å². The number of carbonyl (C=O) groups is 1. The molecule has 0 radical (unpaired) electrons.